The minimum absolute atomic E-state index is 0.374. The van der Waals surface area contributed by atoms with Gasteiger partial charge in [0.05, 0.1) is 18.1 Å². The van der Waals surface area contributed by atoms with Gasteiger partial charge in [-0.2, -0.15) is 0 Å². The first-order chi connectivity index (χ1) is 9.88. The van der Waals surface area contributed by atoms with Crippen molar-refractivity contribution in [2.75, 3.05) is 26.3 Å². The van der Waals surface area contributed by atoms with Gasteiger partial charge in [0.2, 0.25) is 0 Å². The fourth-order valence-electron chi connectivity index (χ4n) is 2.06. The van der Waals surface area contributed by atoms with Crippen molar-refractivity contribution < 1.29 is 13.2 Å². The second-order valence-corrected chi connectivity index (χ2v) is 8.33. The highest BCUT2D eigenvalue weighted by molar-refractivity contribution is 7.89. The Labute approximate surface area is 130 Å². The summed E-state index contributed by atoms with van der Waals surface area (Å²) in [4.78, 5) is 4.86. The van der Waals surface area contributed by atoms with Gasteiger partial charge in [0.25, 0.3) is 10.0 Å². The van der Waals surface area contributed by atoms with Gasteiger partial charge in [-0.15, -0.1) is 16.2 Å². The second kappa shape index (κ2) is 7.17. The predicted octanol–water partition coefficient (Wildman–Crippen LogP) is 1.08. The van der Waals surface area contributed by atoms with Crippen molar-refractivity contribution >= 4 is 21.4 Å². The Kier molecular flexibility index (Phi) is 5.75. The summed E-state index contributed by atoms with van der Waals surface area (Å²) in [7, 11) is -3.51. The Morgan fingerprint density at radius 2 is 2.05 bits per heavy atom. The SMILES string of the molecule is Cc1sc(CNC(C)C)cc1S(=O)(=O)NN1CCOCC1. The van der Waals surface area contributed by atoms with Gasteiger partial charge >= 0.3 is 0 Å². The number of hydrogen-bond donors (Lipinski definition) is 2. The summed E-state index contributed by atoms with van der Waals surface area (Å²) in [6.07, 6.45) is 0. The van der Waals surface area contributed by atoms with Gasteiger partial charge in [0, 0.05) is 35.4 Å². The van der Waals surface area contributed by atoms with Crippen molar-refractivity contribution in [2.45, 2.75) is 38.3 Å². The molecule has 0 bridgehead atoms. The number of ether oxygens (including phenoxy) is 1. The van der Waals surface area contributed by atoms with E-state index in [1.54, 1.807) is 11.1 Å². The maximum absolute atomic E-state index is 12.5. The summed E-state index contributed by atoms with van der Waals surface area (Å²) >= 11 is 1.52. The summed E-state index contributed by atoms with van der Waals surface area (Å²) in [6.45, 7) is 8.92. The van der Waals surface area contributed by atoms with Crippen LogP contribution < -0.4 is 10.1 Å². The van der Waals surface area contributed by atoms with E-state index in [2.05, 4.69) is 24.0 Å². The van der Waals surface area contributed by atoms with Crippen LogP contribution in [0.3, 0.4) is 0 Å². The van der Waals surface area contributed by atoms with E-state index >= 15 is 0 Å². The largest absolute Gasteiger partial charge is 0.379 e. The van der Waals surface area contributed by atoms with E-state index in [1.165, 1.54) is 11.3 Å². The Morgan fingerprint density at radius 3 is 2.67 bits per heavy atom. The molecule has 1 aliphatic heterocycles. The van der Waals surface area contributed by atoms with Crippen molar-refractivity contribution in [3.05, 3.63) is 15.8 Å². The lowest BCUT2D eigenvalue weighted by atomic mass is 10.3. The van der Waals surface area contributed by atoms with Crippen molar-refractivity contribution in [1.82, 2.24) is 15.2 Å². The summed E-state index contributed by atoms with van der Waals surface area (Å²) in [5.74, 6) is 0. The molecule has 1 saturated heterocycles. The van der Waals surface area contributed by atoms with Crippen LogP contribution >= 0.6 is 11.3 Å². The van der Waals surface area contributed by atoms with Crippen LogP contribution in [-0.2, 0) is 21.3 Å². The van der Waals surface area contributed by atoms with Crippen molar-refractivity contribution in [3.63, 3.8) is 0 Å². The number of sulfonamides is 1. The molecular weight excluding hydrogens is 310 g/mol. The standard InChI is InChI=1S/C13H23N3O3S2/c1-10(2)14-9-12-8-13(11(3)20-12)21(17,18)15-16-4-6-19-7-5-16/h8,10,14-15H,4-7,9H2,1-3H3. The van der Waals surface area contributed by atoms with E-state index in [0.29, 0.717) is 43.8 Å². The Hall–Kier alpha value is -0.510. The van der Waals surface area contributed by atoms with Crippen molar-refractivity contribution in [2.24, 2.45) is 0 Å². The zero-order valence-corrected chi connectivity index (χ0v) is 14.3. The van der Waals surface area contributed by atoms with E-state index < -0.39 is 10.0 Å². The van der Waals surface area contributed by atoms with Gasteiger partial charge < -0.3 is 10.1 Å². The molecule has 120 valence electrons. The van der Waals surface area contributed by atoms with Crippen LogP contribution in [0.2, 0.25) is 0 Å². The lowest BCUT2D eigenvalue weighted by molar-refractivity contribution is 0.0272. The van der Waals surface area contributed by atoms with Gasteiger partial charge in [0.1, 0.15) is 0 Å². The third kappa shape index (κ3) is 4.73. The Morgan fingerprint density at radius 1 is 1.38 bits per heavy atom. The lowest BCUT2D eigenvalue weighted by Crippen LogP contribution is -2.48. The molecule has 0 saturated carbocycles. The first-order valence-electron chi connectivity index (χ1n) is 7.06. The molecule has 1 aromatic rings. The van der Waals surface area contributed by atoms with E-state index in [0.717, 1.165) is 9.75 Å². The average molecular weight is 333 g/mol. The molecule has 1 aromatic heterocycles. The van der Waals surface area contributed by atoms with Gasteiger partial charge in [-0.1, -0.05) is 13.8 Å². The number of nitrogens with one attached hydrogen (secondary N) is 2. The number of morpholine rings is 1. The number of thiophene rings is 1. The van der Waals surface area contributed by atoms with Crippen LogP contribution in [-0.4, -0.2) is 45.8 Å². The van der Waals surface area contributed by atoms with Gasteiger partial charge in [-0.3, -0.25) is 0 Å². The van der Waals surface area contributed by atoms with Gasteiger partial charge in [-0.05, 0) is 13.0 Å². The smallest absolute Gasteiger partial charge is 0.254 e. The van der Waals surface area contributed by atoms with Crippen molar-refractivity contribution in [1.29, 1.82) is 0 Å². The molecule has 2 rings (SSSR count). The zero-order chi connectivity index (χ0) is 15.5. The molecule has 0 aliphatic carbocycles. The number of hydrazine groups is 1. The normalized spacial score (nSPS) is 17.5. The second-order valence-electron chi connectivity index (χ2n) is 5.36. The van der Waals surface area contributed by atoms with Crippen molar-refractivity contribution in [3.8, 4) is 0 Å². The molecular formula is C13H23N3O3S2. The first kappa shape index (κ1) is 16.9. The highest BCUT2D eigenvalue weighted by Crippen LogP contribution is 2.25. The number of rotatable bonds is 6. The van der Waals surface area contributed by atoms with Crippen LogP contribution in [0.15, 0.2) is 11.0 Å². The predicted molar refractivity (Wildman–Crippen MR) is 83.7 cm³/mol. The zero-order valence-electron chi connectivity index (χ0n) is 12.7. The molecule has 1 aliphatic rings. The van der Waals surface area contributed by atoms with Crippen LogP contribution in [0.25, 0.3) is 0 Å². The fraction of sp³-hybridized carbons (Fsp3) is 0.692. The van der Waals surface area contributed by atoms with Crippen LogP contribution in [0.5, 0.6) is 0 Å². The maximum atomic E-state index is 12.5. The number of nitrogens with zero attached hydrogens (tertiary/aromatic N) is 1. The summed E-state index contributed by atoms with van der Waals surface area (Å²) in [6, 6.07) is 2.14. The average Bonchev–Trinajstić information content (AvgIpc) is 2.79. The van der Waals surface area contributed by atoms with E-state index in [4.69, 9.17) is 4.74 Å². The quantitative estimate of drug-likeness (QED) is 0.815. The summed E-state index contributed by atoms with van der Waals surface area (Å²) in [5, 5.41) is 5.00. The minimum atomic E-state index is -3.51. The highest BCUT2D eigenvalue weighted by Gasteiger charge is 2.23. The molecule has 8 heteroatoms. The Bertz CT molecular complexity index is 563. The monoisotopic (exact) mass is 333 g/mol. The molecule has 21 heavy (non-hydrogen) atoms. The molecule has 2 heterocycles. The van der Waals surface area contributed by atoms with E-state index in [9.17, 15) is 8.42 Å². The molecule has 2 N–H and O–H groups in total. The van der Waals surface area contributed by atoms with Crippen LogP contribution in [0.1, 0.15) is 23.6 Å². The molecule has 6 nitrogen and oxygen atoms in total. The maximum Gasteiger partial charge on any atom is 0.254 e. The lowest BCUT2D eigenvalue weighted by Gasteiger charge is -2.26. The van der Waals surface area contributed by atoms with Gasteiger partial charge in [0.15, 0.2) is 0 Å². The molecule has 0 atom stereocenters. The molecule has 0 unspecified atom stereocenters. The Balaban J connectivity index is 2.08. The van der Waals surface area contributed by atoms with Gasteiger partial charge in [-0.25, -0.2) is 13.4 Å². The highest BCUT2D eigenvalue weighted by atomic mass is 32.2. The molecule has 0 aromatic carbocycles. The first-order valence-corrected chi connectivity index (χ1v) is 9.36. The third-order valence-corrected chi connectivity index (χ3v) is 5.84. The topological polar surface area (TPSA) is 70.7 Å². The third-order valence-electron chi connectivity index (χ3n) is 3.16. The number of hydrogen-bond acceptors (Lipinski definition) is 6. The molecule has 0 radical (unpaired) electrons. The minimum Gasteiger partial charge on any atom is -0.379 e. The summed E-state index contributed by atoms with van der Waals surface area (Å²) < 4.78 is 30.2. The van der Waals surface area contributed by atoms with Crippen LogP contribution in [0.4, 0.5) is 0 Å². The van der Waals surface area contributed by atoms with Crippen LogP contribution in [0, 0.1) is 6.92 Å². The van der Waals surface area contributed by atoms with E-state index in [1.807, 2.05) is 6.92 Å². The van der Waals surface area contributed by atoms with E-state index in [-0.39, 0.29) is 0 Å². The number of aryl methyl sites for hydroxylation is 1. The molecule has 0 amide bonds. The summed E-state index contributed by atoms with van der Waals surface area (Å²) in [5.41, 5.74) is 0. The fourth-order valence-corrected chi connectivity index (χ4v) is 4.77. The molecule has 1 fully saturated rings. The molecule has 0 spiro atoms.